The van der Waals surface area contributed by atoms with Crippen molar-refractivity contribution in [1.29, 1.82) is 0 Å². The maximum atomic E-state index is 11.4. The molecule has 1 fully saturated rings. The van der Waals surface area contributed by atoms with Crippen molar-refractivity contribution in [3.05, 3.63) is 4.91 Å². The van der Waals surface area contributed by atoms with Crippen LogP contribution >= 0.6 is 0 Å². The molecule has 0 bridgehead atoms. The summed E-state index contributed by atoms with van der Waals surface area (Å²) in [7, 11) is 0. The topological polar surface area (TPSA) is 161 Å². The standard InChI is InChI=1S/C10H21N7O2/c11-2-1-8(9(12)18)6-3-7(14-4-6)5-15-10(13)16-17-19/h6-8,14H,1-5,11H2,(H2,12,18)(H3,13,15,16,19). The lowest BCUT2D eigenvalue weighted by Crippen LogP contribution is -2.32. The van der Waals surface area contributed by atoms with Crippen molar-refractivity contribution in [3.8, 4) is 0 Å². The van der Waals surface area contributed by atoms with E-state index in [1.807, 2.05) is 5.43 Å². The molecule has 0 aliphatic carbocycles. The minimum atomic E-state index is -0.312. The quantitative estimate of drug-likeness (QED) is 0.156. The number of carbonyl (C=O) groups is 1. The van der Waals surface area contributed by atoms with Crippen molar-refractivity contribution >= 4 is 11.9 Å². The average Bonchev–Trinajstić information content (AvgIpc) is 2.82. The number of carbonyl (C=O) groups excluding carboxylic acids is 1. The molecule has 0 aromatic heterocycles. The Morgan fingerprint density at radius 3 is 2.79 bits per heavy atom. The first kappa shape index (κ1) is 15.3. The Kier molecular flexibility index (Phi) is 6.16. The summed E-state index contributed by atoms with van der Waals surface area (Å²) in [6, 6.07) is 0.108. The normalized spacial score (nSPS) is 25.0. The van der Waals surface area contributed by atoms with Crippen molar-refractivity contribution in [2.24, 2.45) is 39.3 Å². The van der Waals surface area contributed by atoms with Gasteiger partial charge in [0.25, 0.3) is 0 Å². The van der Waals surface area contributed by atoms with Crippen molar-refractivity contribution in [3.63, 3.8) is 0 Å². The third-order valence-electron chi connectivity index (χ3n) is 3.31. The number of hydrogen-bond acceptors (Lipinski definition) is 6. The molecule has 8 N–H and O–H groups in total. The van der Waals surface area contributed by atoms with Crippen LogP contribution in [-0.4, -0.2) is 37.5 Å². The van der Waals surface area contributed by atoms with Crippen LogP contribution in [0.5, 0.6) is 0 Å². The molecule has 9 heteroatoms. The molecule has 9 nitrogen and oxygen atoms in total. The van der Waals surface area contributed by atoms with Crippen LogP contribution in [0.3, 0.4) is 0 Å². The summed E-state index contributed by atoms with van der Waals surface area (Å²) in [5.41, 5.74) is 18.3. The molecule has 108 valence electrons. The molecule has 1 aliphatic rings. The molecular formula is C10H21N7O2. The molecule has 1 aliphatic heterocycles. The fraction of sp³-hybridized carbons (Fsp3) is 0.800. The predicted molar refractivity (Wildman–Crippen MR) is 71.7 cm³/mol. The van der Waals surface area contributed by atoms with E-state index in [-0.39, 0.29) is 29.7 Å². The molecule has 3 atom stereocenters. The smallest absolute Gasteiger partial charge is 0.220 e. The molecule has 0 spiro atoms. The lowest BCUT2D eigenvalue weighted by atomic mass is 9.87. The molecule has 0 radical (unpaired) electrons. The Labute approximate surface area is 111 Å². The van der Waals surface area contributed by atoms with Gasteiger partial charge in [0.15, 0.2) is 0 Å². The number of guanidine groups is 1. The zero-order chi connectivity index (χ0) is 14.3. The summed E-state index contributed by atoms with van der Waals surface area (Å²) >= 11 is 0. The van der Waals surface area contributed by atoms with Gasteiger partial charge in [-0.1, -0.05) is 0 Å². The van der Waals surface area contributed by atoms with Crippen LogP contribution in [0, 0.1) is 16.7 Å². The molecule has 0 saturated carbocycles. The summed E-state index contributed by atoms with van der Waals surface area (Å²) < 4.78 is 0. The van der Waals surface area contributed by atoms with Gasteiger partial charge in [0.2, 0.25) is 11.9 Å². The van der Waals surface area contributed by atoms with Gasteiger partial charge in [-0.3, -0.25) is 9.79 Å². The third-order valence-corrected chi connectivity index (χ3v) is 3.31. The van der Waals surface area contributed by atoms with E-state index < -0.39 is 0 Å². The van der Waals surface area contributed by atoms with E-state index in [1.165, 1.54) is 0 Å². The van der Waals surface area contributed by atoms with E-state index in [0.717, 1.165) is 6.42 Å². The second-order valence-corrected chi connectivity index (χ2v) is 4.62. The highest BCUT2D eigenvalue weighted by molar-refractivity contribution is 5.77. The molecule has 1 heterocycles. The Morgan fingerprint density at radius 2 is 2.21 bits per heavy atom. The first-order valence-electron chi connectivity index (χ1n) is 6.19. The van der Waals surface area contributed by atoms with Crippen LogP contribution < -0.4 is 27.9 Å². The number of nitrogens with one attached hydrogen (secondary N) is 2. The predicted octanol–water partition coefficient (Wildman–Crippen LogP) is -2.00. The number of primary amides is 1. The molecule has 1 amide bonds. The van der Waals surface area contributed by atoms with E-state index >= 15 is 0 Å². The van der Waals surface area contributed by atoms with Gasteiger partial charge < -0.3 is 22.5 Å². The second-order valence-electron chi connectivity index (χ2n) is 4.62. The van der Waals surface area contributed by atoms with E-state index in [1.54, 1.807) is 0 Å². The largest absolute Gasteiger partial charge is 0.369 e. The summed E-state index contributed by atoms with van der Waals surface area (Å²) in [5.74, 6) is -0.375. The van der Waals surface area contributed by atoms with Gasteiger partial charge in [0.1, 0.15) is 0 Å². The minimum absolute atomic E-state index is 0.0198. The molecule has 0 aromatic carbocycles. The fourth-order valence-electron chi connectivity index (χ4n) is 2.38. The van der Waals surface area contributed by atoms with Crippen molar-refractivity contribution < 1.29 is 4.79 Å². The van der Waals surface area contributed by atoms with Crippen molar-refractivity contribution in [1.82, 2.24) is 10.7 Å². The number of amides is 1. The lowest BCUT2D eigenvalue weighted by Gasteiger charge is -2.18. The number of rotatable bonds is 7. The van der Waals surface area contributed by atoms with Gasteiger partial charge in [0, 0.05) is 12.0 Å². The van der Waals surface area contributed by atoms with Crippen LogP contribution in [0.25, 0.3) is 0 Å². The number of nitroso groups, excluding NO2 is 1. The summed E-state index contributed by atoms with van der Waals surface area (Å²) in [6.45, 7) is 1.56. The van der Waals surface area contributed by atoms with Gasteiger partial charge in [-0.15, -0.1) is 4.91 Å². The van der Waals surface area contributed by atoms with Gasteiger partial charge in [-0.05, 0) is 31.8 Å². The lowest BCUT2D eigenvalue weighted by molar-refractivity contribution is -0.123. The number of nitrogens with zero attached hydrogens (tertiary/aromatic N) is 2. The summed E-state index contributed by atoms with van der Waals surface area (Å²) in [6.07, 6.45) is 1.37. The molecule has 0 aromatic rings. The van der Waals surface area contributed by atoms with E-state index in [2.05, 4.69) is 15.6 Å². The fourth-order valence-corrected chi connectivity index (χ4v) is 2.38. The highest BCUT2D eigenvalue weighted by Gasteiger charge is 2.32. The molecule has 1 saturated heterocycles. The number of hydrogen-bond donors (Lipinski definition) is 5. The minimum Gasteiger partial charge on any atom is -0.369 e. The SMILES string of the molecule is NCCC(C(N)=O)C1CNC(CN=C(N)NN=O)C1. The molecule has 1 rings (SSSR count). The summed E-state index contributed by atoms with van der Waals surface area (Å²) in [4.78, 5) is 25.2. The monoisotopic (exact) mass is 271 g/mol. The van der Waals surface area contributed by atoms with Crippen molar-refractivity contribution in [2.75, 3.05) is 19.6 Å². The van der Waals surface area contributed by atoms with Crippen LogP contribution in [0.2, 0.25) is 0 Å². The highest BCUT2D eigenvalue weighted by Crippen LogP contribution is 2.25. The van der Waals surface area contributed by atoms with Crippen LogP contribution in [0.1, 0.15) is 12.8 Å². The van der Waals surface area contributed by atoms with Crippen LogP contribution in [0.15, 0.2) is 10.3 Å². The maximum absolute atomic E-state index is 11.4. The zero-order valence-corrected chi connectivity index (χ0v) is 10.7. The zero-order valence-electron chi connectivity index (χ0n) is 10.7. The Bertz CT molecular complexity index is 347. The van der Waals surface area contributed by atoms with Crippen molar-refractivity contribution in [2.45, 2.75) is 18.9 Å². The highest BCUT2D eigenvalue weighted by atomic mass is 16.3. The first-order valence-corrected chi connectivity index (χ1v) is 6.19. The third kappa shape index (κ3) is 4.79. The molecule has 3 unspecified atom stereocenters. The molecule has 19 heavy (non-hydrogen) atoms. The van der Waals surface area contributed by atoms with E-state index in [9.17, 15) is 9.70 Å². The Balaban J connectivity index is 2.46. The van der Waals surface area contributed by atoms with Gasteiger partial charge in [-0.25, -0.2) is 5.43 Å². The second kappa shape index (κ2) is 7.64. The Morgan fingerprint density at radius 1 is 1.47 bits per heavy atom. The number of aliphatic imine (C=N–C) groups is 1. The van der Waals surface area contributed by atoms with Gasteiger partial charge in [0.05, 0.1) is 11.8 Å². The molecular weight excluding hydrogens is 250 g/mol. The maximum Gasteiger partial charge on any atom is 0.220 e. The first-order chi connectivity index (χ1) is 9.08. The number of nitrogens with two attached hydrogens (primary N) is 3. The van der Waals surface area contributed by atoms with Gasteiger partial charge in [-0.2, -0.15) is 0 Å². The summed E-state index contributed by atoms with van der Waals surface area (Å²) in [5, 5.41) is 5.67. The average molecular weight is 271 g/mol. The van der Waals surface area contributed by atoms with Crippen LogP contribution in [0.4, 0.5) is 0 Å². The van der Waals surface area contributed by atoms with E-state index in [4.69, 9.17) is 17.2 Å². The van der Waals surface area contributed by atoms with E-state index in [0.29, 0.717) is 26.1 Å². The van der Waals surface area contributed by atoms with Crippen LogP contribution in [-0.2, 0) is 4.79 Å². The van der Waals surface area contributed by atoms with Gasteiger partial charge >= 0.3 is 0 Å². The Hall–Kier alpha value is -1.74.